The fourth-order valence-corrected chi connectivity index (χ4v) is 2.50. The van der Waals surface area contributed by atoms with E-state index < -0.39 is 0 Å². The van der Waals surface area contributed by atoms with Gasteiger partial charge in [-0.3, -0.25) is 0 Å². The van der Waals surface area contributed by atoms with Crippen molar-refractivity contribution in [3.63, 3.8) is 0 Å². The van der Waals surface area contributed by atoms with Gasteiger partial charge in [-0.1, -0.05) is 12.1 Å². The molecule has 0 heterocycles. The Morgan fingerprint density at radius 2 is 1.95 bits per heavy atom. The first-order valence-electron chi connectivity index (χ1n) is 6.14. The number of benzene rings is 2. The second-order valence-electron chi connectivity index (χ2n) is 4.04. The number of hydrogen-bond acceptors (Lipinski definition) is 4. The third kappa shape index (κ3) is 3.81. The number of para-hydroxylation sites is 1. The molecule has 106 valence electrons. The third-order valence-corrected chi connectivity index (χ3v) is 3.64. The molecule has 0 bridgehead atoms. The van der Waals surface area contributed by atoms with Crippen LogP contribution in [0.1, 0.15) is 0 Å². The summed E-state index contributed by atoms with van der Waals surface area (Å²) in [4.78, 5) is 0.985. The van der Waals surface area contributed by atoms with E-state index in [4.69, 9.17) is 15.2 Å². The summed E-state index contributed by atoms with van der Waals surface area (Å²) in [5, 5.41) is 0. The smallest absolute Gasteiger partial charge is 0.165 e. The highest BCUT2D eigenvalue weighted by atomic mass is 32.2. The van der Waals surface area contributed by atoms with Gasteiger partial charge in [0.05, 0.1) is 13.7 Å². The molecule has 2 aromatic carbocycles. The number of methoxy groups -OCH3 is 1. The maximum absolute atomic E-state index is 13.3. The van der Waals surface area contributed by atoms with Crippen LogP contribution in [0.5, 0.6) is 11.5 Å². The monoisotopic (exact) mass is 293 g/mol. The van der Waals surface area contributed by atoms with E-state index in [-0.39, 0.29) is 11.6 Å². The summed E-state index contributed by atoms with van der Waals surface area (Å²) in [7, 11) is 1.61. The van der Waals surface area contributed by atoms with Gasteiger partial charge in [-0.2, -0.15) is 0 Å². The normalized spacial score (nSPS) is 10.3. The molecule has 0 amide bonds. The Hall–Kier alpha value is -1.88. The minimum atomic E-state index is -0.345. The van der Waals surface area contributed by atoms with Crippen molar-refractivity contribution in [2.45, 2.75) is 4.90 Å². The average molecular weight is 293 g/mol. The topological polar surface area (TPSA) is 44.5 Å². The summed E-state index contributed by atoms with van der Waals surface area (Å²) in [6, 6.07) is 11.9. The number of hydrogen-bond donors (Lipinski definition) is 1. The Balaban J connectivity index is 1.86. The molecule has 20 heavy (non-hydrogen) atoms. The molecule has 2 N–H and O–H groups in total. The maximum Gasteiger partial charge on any atom is 0.165 e. The summed E-state index contributed by atoms with van der Waals surface area (Å²) in [6.45, 7) is 0.416. The fraction of sp³-hybridized carbons (Fsp3) is 0.200. The molecule has 0 spiro atoms. The highest BCUT2D eigenvalue weighted by molar-refractivity contribution is 7.99. The van der Waals surface area contributed by atoms with Gasteiger partial charge in [0.2, 0.25) is 0 Å². The molecule has 0 radical (unpaired) electrons. The minimum Gasteiger partial charge on any atom is -0.496 e. The molecule has 0 aliphatic rings. The van der Waals surface area contributed by atoms with Crippen LogP contribution in [0, 0.1) is 5.82 Å². The molecule has 0 saturated carbocycles. The van der Waals surface area contributed by atoms with Gasteiger partial charge in [0.15, 0.2) is 11.6 Å². The van der Waals surface area contributed by atoms with Gasteiger partial charge in [-0.05, 0) is 24.3 Å². The molecule has 0 atom stereocenters. The van der Waals surface area contributed by atoms with Gasteiger partial charge in [0.25, 0.3) is 0 Å². The average Bonchev–Trinajstić information content (AvgIpc) is 2.46. The molecule has 3 nitrogen and oxygen atoms in total. The number of nitrogens with two attached hydrogens (primary N) is 1. The largest absolute Gasteiger partial charge is 0.496 e. The van der Waals surface area contributed by atoms with E-state index in [0.29, 0.717) is 18.0 Å². The number of anilines is 1. The van der Waals surface area contributed by atoms with Gasteiger partial charge in [-0.25, -0.2) is 4.39 Å². The standard InChI is InChI=1S/C15H16FNO2S/c1-18-14-10-11(17)6-7-15(14)20-9-8-19-13-5-3-2-4-12(13)16/h2-7,10H,8-9,17H2,1H3. The predicted octanol–water partition coefficient (Wildman–Crippen LogP) is 3.59. The van der Waals surface area contributed by atoms with E-state index in [9.17, 15) is 4.39 Å². The Bertz CT molecular complexity index is 578. The van der Waals surface area contributed by atoms with Crippen LogP contribution in [-0.2, 0) is 0 Å². The van der Waals surface area contributed by atoms with Gasteiger partial charge < -0.3 is 15.2 Å². The lowest BCUT2D eigenvalue weighted by Crippen LogP contribution is -2.02. The van der Waals surface area contributed by atoms with Gasteiger partial charge in [0, 0.05) is 22.4 Å². The first kappa shape index (κ1) is 14.5. The Morgan fingerprint density at radius 3 is 2.70 bits per heavy atom. The molecule has 0 aliphatic carbocycles. The zero-order valence-electron chi connectivity index (χ0n) is 11.1. The molecule has 0 aromatic heterocycles. The van der Waals surface area contributed by atoms with Crippen molar-refractivity contribution in [3.05, 3.63) is 48.3 Å². The number of rotatable bonds is 6. The molecule has 0 aliphatic heterocycles. The van der Waals surface area contributed by atoms with Crippen LogP contribution in [0.25, 0.3) is 0 Å². The second-order valence-corrected chi connectivity index (χ2v) is 5.17. The van der Waals surface area contributed by atoms with E-state index in [2.05, 4.69) is 0 Å². The van der Waals surface area contributed by atoms with Crippen molar-refractivity contribution >= 4 is 17.4 Å². The van der Waals surface area contributed by atoms with Crippen LogP contribution >= 0.6 is 11.8 Å². The summed E-state index contributed by atoms with van der Waals surface area (Å²) >= 11 is 1.58. The van der Waals surface area contributed by atoms with Gasteiger partial charge in [0.1, 0.15) is 5.75 Å². The van der Waals surface area contributed by atoms with Crippen molar-refractivity contribution in [2.75, 3.05) is 25.2 Å². The lowest BCUT2D eigenvalue weighted by molar-refractivity contribution is 0.325. The molecule has 0 fully saturated rings. The van der Waals surface area contributed by atoms with Crippen LogP contribution < -0.4 is 15.2 Å². The summed E-state index contributed by atoms with van der Waals surface area (Å²) in [5.41, 5.74) is 6.36. The maximum atomic E-state index is 13.3. The van der Waals surface area contributed by atoms with E-state index in [0.717, 1.165) is 10.6 Å². The number of thioether (sulfide) groups is 1. The third-order valence-electron chi connectivity index (χ3n) is 2.62. The first-order valence-corrected chi connectivity index (χ1v) is 7.13. The highest BCUT2D eigenvalue weighted by Crippen LogP contribution is 2.30. The Labute approximate surface area is 121 Å². The van der Waals surface area contributed by atoms with Crippen LogP contribution in [-0.4, -0.2) is 19.5 Å². The molecule has 0 saturated heterocycles. The Morgan fingerprint density at radius 1 is 1.15 bits per heavy atom. The quantitative estimate of drug-likeness (QED) is 0.502. The van der Waals surface area contributed by atoms with Crippen LogP contribution in [0.15, 0.2) is 47.4 Å². The summed E-state index contributed by atoms with van der Waals surface area (Å²) in [5.74, 6) is 1.36. The Kier molecular flexibility index (Phi) is 5.12. The van der Waals surface area contributed by atoms with Gasteiger partial charge >= 0.3 is 0 Å². The summed E-state index contributed by atoms with van der Waals surface area (Å²) < 4.78 is 24.0. The number of nitrogen functional groups attached to an aromatic ring is 1. The zero-order valence-corrected chi connectivity index (χ0v) is 12.0. The molecule has 5 heteroatoms. The predicted molar refractivity (Wildman–Crippen MR) is 80.0 cm³/mol. The highest BCUT2D eigenvalue weighted by Gasteiger charge is 2.05. The molecular weight excluding hydrogens is 277 g/mol. The van der Waals surface area contributed by atoms with E-state index in [1.54, 1.807) is 43.1 Å². The lowest BCUT2D eigenvalue weighted by Gasteiger charge is -2.10. The molecular formula is C15H16FNO2S. The van der Waals surface area contributed by atoms with Crippen LogP contribution in [0.3, 0.4) is 0 Å². The van der Waals surface area contributed by atoms with Crippen molar-refractivity contribution in [1.29, 1.82) is 0 Å². The van der Waals surface area contributed by atoms with E-state index >= 15 is 0 Å². The minimum absolute atomic E-state index is 0.275. The van der Waals surface area contributed by atoms with Crippen molar-refractivity contribution in [1.82, 2.24) is 0 Å². The summed E-state index contributed by atoms with van der Waals surface area (Å²) in [6.07, 6.45) is 0. The van der Waals surface area contributed by atoms with Crippen molar-refractivity contribution in [2.24, 2.45) is 0 Å². The van der Waals surface area contributed by atoms with E-state index in [1.807, 2.05) is 12.1 Å². The molecule has 0 unspecified atom stereocenters. The van der Waals surface area contributed by atoms with Crippen molar-refractivity contribution < 1.29 is 13.9 Å². The van der Waals surface area contributed by atoms with Gasteiger partial charge in [-0.15, -0.1) is 11.8 Å². The van der Waals surface area contributed by atoms with Crippen LogP contribution in [0.2, 0.25) is 0 Å². The molecule has 2 rings (SSSR count). The SMILES string of the molecule is COc1cc(N)ccc1SCCOc1ccccc1F. The second kappa shape index (κ2) is 7.05. The zero-order chi connectivity index (χ0) is 14.4. The molecule has 2 aromatic rings. The fourth-order valence-electron chi connectivity index (χ4n) is 1.67. The number of halogens is 1. The van der Waals surface area contributed by atoms with Crippen molar-refractivity contribution in [3.8, 4) is 11.5 Å². The van der Waals surface area contributed by atoms with E-state index in [1.165, 1.54) is 6.07 Å². The number of ether oxygens (including phenoxy) is 2. The lowest BCUT2D eigenvalue weighted by atomic mass is 10.3. The first-order chi connectivity index (χ1) is 9.70. The van der Waals surface area contributed by atoms with Crippen LogP contribution in [0.4, 0.5) is 10.1 Å².